The highest BCUT2D eigenvalue weighted by Crippen LogP contribution is 2.42. The van der Waals surface area contributed by atoms with Gasteiger partial charge in [0.05, 0.1) is 4.90 Å². The molecule has 0 amide bonds. The number of pyridine rings is 1. The van der Waals surface area contributed by atoms with Crippen LogP contribution in [0, 0.1) is 0 Å². The minimum atomic E-state index is -4.65. The van der Waals surface area contributed by atoms with Gasteiger partial charge in [-0.05, 0) is 36.8 Å². The van der Waals surface area contributed by atoms with Gasteiger partial charge in [-0.3, -0.25) is 9.67 Å². The maximum atomic E-state index is 13.8. The van der Waals surface area contributed by atoms with Crippen LogP contribution in [0.4, 0.5) is 13.2 Å². The third-order valence-electron chi connectivity index (χ3n) is 3.95. The normalized spacial score (nSPS) is 12.3. The highest BCUT2D eigenvalue weighted by Gasteiger charge is 2.40. The Balaban J connectivity index is 2.31. The van der Waals surface area contributed by atoms with E-state index >= 15 is 0 Å². The molecule has 2 heterocycles. The van der Waals surface area contributed by atoms with Gasteiger partial charge in [-0.25, -0.2) is 13.6 Å². The number of halogens is 3. The predicted molar refractivity (Wildman–Crippen MR) is 92.9 cm³/mol. The predicted octanol–water partition coefficient (Wildman–Crippen LogP) is 3.30. The summed E-state index contributed by atoms with van der Waals surface area (Å²) in [4.78, 5) is 3.69. The van der Waals surface area contributed by atoms with Crippen LogP contribution in [0.25, 0.3) is 22.4 Å². The zero-order valence-corrected chi connectivity index (χ0v) is 14.9. The first-order chi connectivity index (χ1) is 12.6. The second kappa shape index (κ2) is 6.78. The molecule has 10 heteroatoms. The van der Waals surface area contributed by atoms with Crippen molar-refractivity contribution in [3.8, 4) is 22.4 Å². The van der Waals surface area contributed by atoms with Gasteiger partial charge in [0.2, 0.25) is 10.0 Å². The first kappa shape index (κ1) is 19.1. The second-order valence-electron chi connectivity index (χ2n) is 5.69. The summed E-state index contributed by atoms with van der Waals surface area (Å²) in [5.74, 6) is 0. The van der Waals surface area contributed by atoms with Crippen molar-refractivity contribution in [2.45, 2.75) is 24.5 Å². The number of primary sulfonamides is 1. The molecule has 3 aromatic rings. The molecule has 0 spiro atoms. The van der Waals surface area contributed by atoms with Crippen molar-refractivity contribution in [2.75, 3.05) is 0 Å². The van der Waals surface area contributed by atoms with Gasteiger partial charge in [0.25, 0.3) is 0 Å². The van der Waals surface area contributed by atoms with E-state index in [4.69, 9.17) is 5.14 Å². The number of alkyl halides is 3. The molecule has 0 fully saturated rings. The van der Waals surface area contributed by atoms with Crippen molar-refractivity contribution in [1.82, 2.24) is 14.8 Å². The fourth-order valence-corrected chi connectivity index (χ4v) is 3.29. The summed E-state index contributed by atoms with van der Waals surface area (Å²) in [6.45, 7) is 1.58. The lowest BCUT2D eigenvalue weighted by molar-refractivity contribution is -0.143. The van der Waals surface area contributed by atoms with Crippen LogP contribution >= 0.6 is 0 Å². The molecular formula is C17H15F3N4O2S. The van der Waals surface area contributed by atoms with E-state index in [1.54, 1.807) is 19.1 Å². The summed E-state index contributed by atoms with van der Waals surface area (Å²) in [6, 6.07) is 8.04. The van der Waals surface area contributed by atoms with Crippen molar-refractivity contribution in [2.24, 2.45) is 5.14 Å². The smallest absolute Gasteiger partial charge is 0.265 e. The molecule has 3 rings (SSSR count). The first-order valence-electron chi connectivity index (χ1n) is 7.84. The molecule has 0 radical (unpaired) electrons. The summed E-state index contributed by atoms with van der Waals surface area (Å²) in [5, 5.41) is 9.20. The van der Waals surface area contributed by atoms with Crippen LogP contribution in [-0.4, -0.2) is 23.2 Å². The zero-order chi connectivity index (χ0) is 19.8. The summed E-state index contributed by atoms with van der Waals surface area (Å²) in [6.07, 6.45) is -1.73. The molecular weight excluding hydrogens is 381 g/mol. The molecule has 0 aliphatic rings. The molecule has 0 bridgehead atoms. The van der Waals surface area contributed by atoms with Crippen LogP contribution in [0.15, 0.2) is 53.7 Å². The van der Waals surface area contributed by atoms with Gasteiger partial charge < -0.3 is 0 Å². The molecule has 0 aliphatic carbocycles. The van der Waals surface area contributed by atoms with Crippen LogP contribution in [0.2, 0.25) is 0 Å². The number of hydrogen-bond donors (Lipinski definition) is 1. The quantitative estimate of drug-likeness (QED) is 0.733. The van der Waals surface area contributed by atoms with Crippen molar-refractivity contribution in [3.63, 3.8) is 0 Å². The van der Waals surface area contributed by atoms with Crippen molar-refractivity contribution >= 4 is 10.0 Å². The van der Waals surface area contributed by atoms with Crippen LogP contribution in [0.1, 0.15) is 12.6 Å². The lowest BCUT2D eigenvalue weighted by atomic mass is 9.99. The van der Waals surface area contributed by atoms with Gasteiger partial charge in [0, 0.05) is 30.1 Å². The fourth-order valence-electron chi connectivity index (χ4n) is 2.78. The number of hydrogen-bond acceptors (Lipinski definition) is 4. The molecule has 6 nitrogen and oxygen atoms in total. The van der Waals surface area contributed by atoms with Gasteiger partial charge in [-0.1, -0.05) is 12.1 Å². The van der Waals surface area contributed by atoms with E-state index in [0.717, 1.165) is 4.68 Å². The maximum absolute atomic E-state index is 13.8. The number of nitrogens with two attached hydrogens (primary N) is 1. The Morgan fingerprint density at radius 3 is 2.11 bits per heavy atom. The lowest BCUT2D eigenvalue weighted by Crippen LogP contribution is -2.15. The van der Waals surface area contributed by atoms with E-state index in [9.17, 15) is 21.6 Å². The molecule has 0 aliphatic heterocycles. The summed E-state index contributed by atoms with van der Waals surface area (Å²) in [7, 11) is -3.95. The topological polar surface area (TPSA) is 90.9 Å². The zero-order valence-electron chi connectivity index (χ0n) is 14.1. The minimum Gasteiger partial charge on any atom is -0.265 e. The summed E-state index contributed by atoms with van der Waals surface area (Å²) >= 11 is 0. The maximum Gasteiger partial charge on any atom is 0.433 e. The van der Waals surface area contributed by atoms with E-state index < -0.39 is 21.9 Å². The average molecular weight is 396 g/mol. The Bertz CT molecular complexity index is 1060. The van der Waals surface area contributed by atoms with Crippen molar-refractivity contribution in [3.05, 3.63) is 54.5 Å². The average Bonchev–Trinajstić information content (AvgIpc) is 3.02. The molecule has 2 N–H and O–H groups in total. The number of nitrogens with zero attached hydrogens (tertiary/aromatic N) is 3. The van der Waals surface area contributed by atoms with Crippen molar-refractivity contribution < 1.29 is 21.6 Å². The number of rotatable bonds is 4. The van der Waals surface area contributed by atoms with Crippen LogP contribution in [-0.2, 0) is 22.7 Å². The molecule has 1 aromatic carbocycles. The Morgan fingerprint density at radius 1 is 1.04 bits per heavy atom. The van der Waals surface area contributed by atoms with E-state index in [-0.39, 0.29) is 28.3 Å². The molecule has 142 valence electrons. The third-order valence-corrected chi connectivity index (χ3v) is 4.87. The van der Waals surface area contributed by atoms with Gasteiger partial charge in [0.15, 0.2) is 5.69 Å². The van der Waals surface area contributed by atoms with Gasteiger partial charge in [-0.2, -0.15) is 18.3 Å². The number of aryl methyl sites for hydroxylation is 1. The Morgan fingerprint density at radius 2 is 1.63 bits per heavy atom. The molecule has 0 saturated heterocycles. The molecule has 2 aromatic heterocycles. The van der Waals surface area contributed by atoms with E-state index in [0.29, 0.717) is 5.56 Å². The minimum absolute atomic E-state index is 0.0161. The Hall–Kier alpha value is -2.72. The molecule has 27 heavy (non-hydrogen) atoms. The largest absolute Gasteiger partial charge is 0.433 e. The van der Waals surface area contributed by atoms with Crippen LogP contribution in [0.3, 0.4) is 0 Å². The molecule has 0 unspecified atom stereocenters. The van der Waals surface area contributed by atoms with E-state index in [2.05, 4.69) is 10.1 Å². The third kappa shape index (κ3) is 3.71. The van der Waals surface area contributed by atoms with Crippen molar-refractivity contribution in [1.29, 1.82) is 0 Å². The van der Waals surface area contributed by atoms with Gasteiger partial charge in [-0.15, -0.1) is 0 Å². The number of benzene rings is 1. The number of aromatic nitrogens is 3. The fraction of sp³-hybridized carbons (Fsp3) is 0.176. The second-order valence-corrected chi connectivity index (χ2v) is 7.25. The summed E-state index contributed by atoms with van der Waals surface area (Å²) in [5.41, 5.74) is -0.249. The number of sulfonamides is 1. The van der Waals surface area contributed by atoms with Crippen LogP contribution in [0.5, 0.6) is 0 Å². The van der Waals surface area contributed by atoms with Crippen LogP contribution < -0.4 is 5.14 Å². The van der Waals surface area contributed by atoms with Gasteiger partial charge >= 0.3 is 6.18 Å². The first-order valence-corrected chi connectivity index (χ1v) is 9.39. The summed E-state index contributed by atoms with van der Waals surface area (Å²) < 4.78 is 65.1. The molecule has 0 saturated carbocycles. The standard InChI is InChI=1S/C17H15F3N4O2S/c1-2-24-16(17(18,19)20)14(15(23-24)12-7-9-22-10-8-12)11-3-5-13(6-4-11)27(21,25)26/h3-10H,2H2,1H3,(H2,21,25,26). The monoisotopic (exact) mass is 396 g/mol. The Labute approximate surface area is 153 Å². The molecule has 0 atom stereocenters. The highest BCUT2D eigenvalue weighted by atomic mass is 32.2. The van der Waals surface area contributed by atoms with E-state index in [1.807, 2.05) is 0 Å². The lowest BCUT2D eigenvalue weighted by Gasteiger charge is -2.12. The SMILES string of the molecule is CCn1nc(-c2ccncc2)c(-c2ccc(S(N)(=O)=O)cc2)c1C(F)(F)F. The van der Waals surface area contributed by atoms with Gasteiger partial charge in [0.1, 0.15) is 5.69 Å². The van der Waals surface area contributed by atoms with E-state index in [1.165, 1.54) is 36.7 Å². The highest BCUT2D eigenvalue weighted by molar-refractivity contribution is 7.89. The Kier molecular flexibility index (Phi) is 4.79.